The lowest BCUT2D eigenvalue weighted by Gasteiger charge is -2.04. The van der Waals surface area contributed by atoms with E-state index in [-0.39, 0.29) is 0 Å². The number of anilines is 1. The van der Waals surface area contributed by atoms with Crippen molar-refractivity contribution in [1.82, 2.24) is 10.1 Å². The first-order chi connectivity index (χ1) is 9.28. The fourth-order valence-corrected chi connectivity index (χ4v) is 3.33. The van der Waals surface area contributed by atoms with Crippen LogP contribution in [0, 0.1) is 0 Å². The van der Waals surface area contributed by atoms with Crippen LogP contribution in [0.25, 0.3) is 11.5 Å². The van der Waals surface area contributed by atoms with E-state index >= 15 is 0 Å². The number of ether oxygens (including phenoxy) is 1. The standard InChI is InChI=1S/C13H15N3O2S/c1-17-10-5-4-8(7-9(10)14)13-15-12(16-18-13)11-3-2-6-19-11/h4-5,7,11H,2-3,6,14H2,1H3. The number of hydrogen-bond acceptors (Lipinski definition) is 6. The molecular weight excluding hydrogens is 262 g/mol. The number of methoxy groups -OCH3 is 1. The van der Waals surface area contributed by atoms with Crippen LogP contribution in [0.3, 0.4) is 0 Å². The molecule has 0 spiro atoms. The van der Waals surface area contributed by atoms with Gasteiger partial charge in [0.25, 0.3) is 5.89 Å². The van der Waals surface area contributed by atoms with E-state index in [4.69, 9.17) is 15.0 Å². The maximum Gasteiger partial charge on any atom is 0.258 e. The summed E-state index contributed by atoms with van der Waals surface area (Å²) in [4.78, 5) is 4.46. The first-order valence-electron chi connectivity index (χ1n) is 6.17. The third-order valence-corrected chi connectivity index (χ3v) is 4.51. The Bertz CT molecular complexity index is 579. The molecule has 0 aliphatic carbocycles. The summed E-state index contributed by atoms with van der Waals surface area (Å²) in [5.74, 6) is 3.11. The van der Waals surface area contributed by atoms with Crippen LogP contribution >= 0.6 is 11.8 Å². The molecule has 1 aromatic carbocycles. The van der Waals surface area contributed by atoms with Gasteiger partial charge in [-0.05, 0) is 36.8 Å². The zero-order chi connectivity index (χ0) is 13.2. The lowest BCUT2D eigenvalue weighted by Crippen LogP contribution is -1.93. The molecule has 1 aliphatic rings. The summed E-state index contributed by atoms with van der Waals surface area (Å²) in [6.07, 6.45) is 2.34. The summed E-state index contributed by atoms with van der Waals surface area (Å²) >= 11 is 1.88. The van der Waals surface area contributed by atoms with E-state index in [0.717, 1.165) is 17.8 Å². The Labute approximate surface area is 115 Å². The van der Waals surface area contributed by atoms with Crippen LogP contribution in [0.5, 0.6) is 5.75 Å². The van der Waals surface area contributed by atoms with Gasteiger partial charge in [0.2, 0.25) is 0 Å². The van der Waals surface area contributed by atoms with Crippen LogP contribution in [0.15, 0.2) is 22.7 Å². The number of nitrogens with two attached hydrogens (primary N) is 1. The van der Waals surface area contributed by atoms with Crippen molar-refractivity contribution in [3.05, 3.63) is 24.0 Å². The average molecular weight is 277 g/mol. The molecule has 2 N–H and O–H groups in total. The molecule has 2 aromatic rings. The van der Waals surface area contributed by atoms with Gasteiger partial charge in [0.15, 0.2) is 5.82 Å². The molecule has 1 unspecified atom stereocenters. The molecule has 19 heavy (non-hydrogen) atoms. The van der Waals surface area contributed by atoms with Crippen molar-refractivity contribution in [1.29, 1.82) is 0 Å². The van der Waals surface area contributed by atoms with E-state index in [2.05, 4.69) is 10.1 Å². The fourth-order valence-electron chi connectivity index (χ4n) is 2.13. The second kappa shape index (κ2) is 5.13. The van der Waals surface area contributed by atoms with Crippen molar-refractivity contribution in [2.45, 2.75) is 18.1 Å². The van der Waals surface area contributed by atoms with Crippen molar-refractivity contribution in [2.24, 2.45) is 0 Å². The maximum absolute atomic E-state index is 5.88. The molecule has 1 atom stereocenters. The molecule has 5 nitrogen and oxygen atoms in total. The zero-order valence-electron chi connectivity index (χ0n) is 10.6. The van der Waals surface area contributed by atoms with Gasteiger partial charge in [0.1, 0.15) is 5.75 Å². The third kappa shape index (κ3) is 2.40. The van der Waals surface area contributed by atoms with Crippen molar-refractivity contribution < 1.29 is 9.26 Å². The molecule has 1 fully saturated rings. The Morgan fingerprint density at radius 2 is 2.37 bits per heavy atom. The maximum atomic E-state index is 5.88. The highest BCUT2D eigenvalue weighted by Crippen LogP contribution is 2.39. The molecule has 3 rings (SSSR count). The number of hydrogen-bond donors (Lipinski definition) is 1. The Kier molecular flexibility index (Phi) is 3.33. The molecule has 0 bridgehead atoms. The minimum Gasteiger partial charge on any atom is -0.495 e. The molecule has 1 saturated heterocycles. The SMILES string of the molecule is COc1ccc(-c2nc(C3CCCS3)no2)cc1N. The van der Waals surface area contributed by atoms with E-state index in [0.29, 0.717) is 22.6 Å². The molecule has 0 radical (unpaired) electrons. The van der Waals surface area contributed by atoms with E-state index < -0.39 is 0 Å². The quantitative estimate of drug-likeness (QED) is 0.869. The summed E-state index contributed by atoms with van der Waals surface area (Å²) in [6, 6.07) is 5.46. The largest absolute Gasteiger partial charge is 0.495 e. The number of thioether (sulfide) groups is 1. The number of benzene rings is 1. The van der Waals surface area contributed by atoms with Gasteiger partial charge in [-0.1, -0.05) is 5.16 Å². The number of aromatic nitrogens is 2. The van der Waals surface area contributed by atoms with Gasteiger partial charge in [0.05, 0.1) is 18.0 Å². The molecule has 1 aliphatic heterocycles. The summed E-state index contributed by atoms with van der Waals surface area (Å²) in [5.41, 5.74) is 7.26. The van der Waals surface area contributed by atoms with E-state index in [1.54, 1.807) is 19.2 Å². The second-order valence-electron chi connectivity index (χ2n) is 4.42. The summed E-state index contributed by atoms with van der Waals surface area (Å²) in [7, 11) is 1.59. The van der Waals surface area contributed by atoms with Gasteiger partial charge >= 0.3 is 0 Å². The highest BCUT2D eigenvalue weighted by Gasteiger charge is 2.23. The first-order valence-corrected chi connectivity index (χ1v) is 7.22. The minimum absolute atomic E-state index is 0.369. The van der Waals surface area contributed by atoms with Crippen molar-refractivity contribution in [3.8, 4) is 17.2 Å². The predicted octanol–water partition coefficient (Wildman–Crippen LogP) is 2.90. The van der Waals surface area contributed by atoms with E-state index in [1.165, 1.54) is 12.2 Å². The molecule has 0 amide bonds. The predicted molar refractivity (Wildman–Crippen MR) is 75.1 cm³/mol. The normalized spacial score (nSPS) is 18.7. The van der Waals surface area contributed by atoms with Crippen LogP contribution in [0.4, 0.5) is 5.69 Å². The molecule has 100 valence electrons. The summed E-state index contributed by atoms with van der Waals surface area (Å²) in [6.45, 7) is 0. The summed E-state index contributed by atoms with van der Waals surface area (Å²) in [5, 5.41) is 4.44. The smallest absolute Gasteiger partial charge is 0.258 e. The zero-order valence-corrected chi connectivity index (χ0v) is 11.4. The number of rotatable bonds is 3. The monoisotopic (exact) mass is 277 g/mol. The Hall–Kier alpha value is -1.69. The van der Waals surface area contributed by atoms with Crippen LogP contribution < -0.4 is 10.5 Å². The van der Waals surface area contributed by atoms with Gasteiger partial charge in [-0.15, -0.1) is 0 Å². The lowest BCUT2D eigenvalue weighted by atomic mass is 10.2. The fraction of sp³-hybridized carbons (Fsp3) is 0.385. The van der Waals surface area contributed by atoms with Gasteiger partial charge in [0, 0.05) is 5.56 Å². The van der Waals surface area contributed by atoms with Gasteiger partial charge in [-0.2, -0.15) is 16.7 Å². The Morgan fingerprint density at radius 3 is 3.05 bits per heavy atom. The second-order valence-corrected chi connectivity index (χ2v) is 5.73. The van der Waals surface area contributed by atoms with Crippen molar-refractivity contribution >= 4 is 17.4 Å². The van der Waals surface area contributed by atoms with Crippen LogP contribution in [-0.4, -0.2) is 23.0 Å². The Balaban J connectivity index is 1.87. The van der Waals surface area contributed by atoms with Crippen LogP contribution in [0.1, 0.15) is 23.9 Å². The van der Waals surface area contributed by atoms with E-state index in [1.807, 2.05) is 17.8 Å². The minimum atomic E-state index is 0.369. The Morgan fingerprint density at radius 1 is 1.47 bits per heavy atom. The van der Waals surface area contributed by atoms with Crippen molar-refractivity contribution in [3.63, 3.8) is 0 Å². The van der Waals surface area contributed by atoms with Crippen LogP contribution in [-0.2, 0) is 0 Å². The number of nitrogens with zero attached hydrogens (tertiary/aromatic N) is 2. The van der Waals surface area contributed by atoms with Crippen molar-refractivity contribution in [2.75, 3.05) is 18.6 Å². The molecule has 0 saturated carbocycles. The average Bonchev–Trinajstić information content (AvgIpc) is 3.09. The highest BCUT2D eigenvalue weighted by molar-refractivity contribution is 7.99. The lowest BCUT2D eigenvalue weighted by molar-refractivity contribution is 0.415. The van der Waals surface area contributed by atoms with E-state index in [9.17, 15) is 0 Å². The molecule has 1 aromatic heterocycles. The van der Waals surface area contributed by atoms with Gasteiger partial charge in [-0.25, -0.2) is 0 Å². The first kappa shape index (κ1) is 12.3. The summed E-state index contributed by atoms with van der Waals surface area (Å²) < 4.78 is 10.4. The number of nitrogen functional groups attached to an aromatic ring is 1. The highest BCUT2D eigenvalue weighted by atomic mass is 32.2. The topological polar surface area (TPSA) is 74.2 Å². The van der Waals surface area contributed by atoms with Gasteiger partial charge in [-0.3, -0.25) is 0 Å². The van der Waals surface area contributed by atoms with Gasteiger partial charge < -0.3 is 15.0 Å². The molecule has 6 heteroatoms. The van der Waals surface area contributed by atoms with Crippen LogP contribution in [0.2, 0.25) is 0 Å². The third-order valence-electron chi connectivity index (χ3n) is 3.14. The molecule has 2 heterocycles. The molecular formula is C13H15N3O2S.